The van der Waals surface area contributed by atoms with Gasteiger partial charge in [0.25, 0.3) is 11.8 Å². The predicted molar refractivity (Wildman–Crippen MR) is 170 cm³/mol. The van der Waals surface area contributed by atoms with E-state index in [4.69, 9.17) is 16.3 Å². The zero-order valence-corrected chi connectivity index (χ0v) is 27.1. The van der Waals surface area contributed by atoms with Crippen LogP contribution in [0.15, 0.2) is 71.8 Å². The Morgan fingerprint density at radius 1 is 1.07 bits per heavy atom. The van der Waals surface area contributed by atoms with Crippen LogP contribution < -0.4 is 4.90 Å². The van der Waals surface area contributed by atoms with Crippen molar-refractivity contribution in [3.8, 4) is 0 Å². The van der Waals surface area contributed by atoms with Crippen LogP contribution in [-0.2, 0) is 9.53 Å². The largest absolute Gasteiger partial charge is 0.438 e. The average Bonchev–Trinajstić information content (AvgIpc) is 3.41. The monoisotopic (exact) mass is 644 g/mol. The number of imide groups is 1. The number of anilines is 1. The van der Waals surface area contributed by atoms with Crippen molar-refractivity contribution in [2.24, 2.45) is 34.5 Å². The van der Waals surface area contributed by atoms with Gasteiger partial charge in [0.1, 0.15) is 6.10 Å². The van der Waals surface area contributed by atoms with Gasteiger partial charge in [-0.15, -0.1) is 0 Å². The van der Waals surface area contributed by atoms with E-state index in [0.29, 0.717) is 22.7 Å². The molecule has 4 aliphatic carbocycles. The van der Waals surface area contributed by atoms with Crippen molar-refractivity contribution in [3.63, 3.8) is 0 Å². The Hall–Kier alpha value is -3.79. The van der Waals surface area contributed by atoms with E-state index in [1.165, 1.54) is 11.9 Å². The highest BCUT2D eigenvalue weighted by Crippen LogP contribution is 2.71. The van der Waals surface area contributed by atoms with Gasteiger partial charge in [0.2, 0.25) is 0 Å². The molecule has 2 aromatic rings. The molecule has 2 fully saturated rings. The van der Waals surface area contributed by atoms with Crippen LogP contribution in [0.2, 0.25) is 5.02 Å². The number of Topliss-reactive ketones (excluding diaryl/α,β-unsaturated/α-hetero) is 1. The van der Waals surface area contributed by atoms with E-state index in [1.807, 2.05) is 6.92 Å². The number of aliphatic hydroxyl groups is 2. The summed E-state index contributed by atoms with van der Waals surface area (Å²) in [5, 5.41) is 25.8. The number of hydrogen-bond donors (Lipinski definition) is 2. The number of carbonyl (C=O) groups excluding carboxylic acids is 4. The topological polar surface area (TPSA) is 124 Å². The molecule has 0 saturated heterocycles. The van der Waals surface area contributed by atoms with E-state index in [-0.39, 0.29) is 46.3 Å². The molecule has 1 aliphatic heterocycles. The summed E-state index contributed by atoms with van der Waals surface area (Å²) in [7, 11) is 1.52. The van der Waals surface area contributed by atoms with Gasteiger partial charge in [-0.05, 0) is 84.1 Å². The maximum absolute atomic E-state index is 14.9. The number of nitrogens with zero attached hydrogens (tertiary/aromatic N) is 2. The van der Waals surface area contributed by atoms with E-state index in [0.717, 1.165) is 4.90 Å². The number of amides is 3. The van der Waals surface area contributed by atoms with Crippen LogP contribution >= 0.6 is 11.6 Å². The average molecular weight is 645 g/mol. The van der Waals surface area contributed by atoms with Gasteiger partial charge in [-0.2, -0.15) is 0 Å². The van der Waals surface area contributed by atoms with E-state index in [1.54, 1.807) is 67.6 Å². The highest BCUT2D eigenvalue weighted by atomic mass is 35.5. The molecule has 0 aromatic heterocycles. The van der Waals surface area contributed by atoms with Gasteiger partial charge in [0.05, 0.1) is 23.1 Å². The van der Waals surface area contributed by atoms with Crippen LogP contribution in [0.5, 0.6) is 0 Å². The highest BCUT2D eigenvalue weighted by Gasteiger charge is 2.76. The van der Waals surface area contributed by atoms with Crippen LogP contribution in [0.1, 0.15) is 54.8 Å². The molecule has 2 bridgehead atoms. The Morgan fingerprint density at radius 3 is 2.28 bits per heavy atom. The molecular formula is C36H37ClN2O7. The first-order valence-electron chi connectivity index (χ1n) is 15.7. The summed E-state index contributed by atoms with van der Waals surface area (Å²) in [4.78, 5) is 57.7. The van der Waals surface area contributed by atoms with Crippen LogP contribution in [-0.4, -0.2) is 70.2 Å². The third-order valence-electron chi connectivity index (χ3n) is 11.6. The second-order valence-electron chi connectivity index (χ2n) is 14.2. The lowest BCUT2D eigenvalue weighted by atomic mass is 9.59. The molecule has 5 aliphatic rings. The van der Waals surface area contributed by atoms with Gasteiger partial charge >= 0.3 is 6.09 Å². The minimum Gasteiger partial charge on any atom is -0.438 e. The lowest BCUT2D eigenvalue weighted by Gasteiger charge is -2.49. The Kier molecular flexibility index (Phi) is 6.77. The summed E-state index contributed by atoms with van der Waals surface area (Å²) in [6.45, 7) is 7.52. The first-order valence-corrected chi connectivity index (χ1v) is 16.0. The molecule has 8 atom stereocenters. The highest BCUT2D eigenvalue weighted by molar-refractivity contribution is 6.30. The van der Waals surface area contributed by atoms with Crippen molar-refractivity contribution in [2.45, 2.75) is 51.9 Å². The van der Waals surface area contributed by atoms with Crippen LogP contribution in [0, 0.1) is 34.5 Å². The van der Waals surface area contributed by atoms with Gasteiger partial charge in [-0.3, -0.25) is 24.2 Å². The summed E-state index contributed by atoms with van der Waals surface area (Å²) >= 11 is 6.03. The molecule has 9 nitrogen and oxygen atoms in total. The Morgan fingerprint density at radius 2 is 1.67 bits per heavy atom. The lowest BCUT2D eigenvalue weighted by Crippen LogP contribution is -2.66. The lowest BCUT2D eigenvalue weighted by molar-refractivity contribution is -0.189. The van der Waals surface area contributed by atoms with Crippen molar-refractivity contribution in [1.82, 2.24) is 4.90 Å². The van der Waals surface area contributed by atoms with Gasteiger partial charge in [-0.25, -0.2) is 4.79 Å². The van der Waals surface area contributed by atoms with Crippen LogP contribution in [0.4, 0.5) is 10.5 Å². The third kappa shape index (κ3) is 3.94. The molecule has 1 unspecified atom stereocenters. The molecule has 10 heteroatoms. The van der Waals surface area contributed by atoms with Gasteiger partial charge in [-0.1, -0.05) is 56.7 Å². The number of halogens is 1. The molecule has 240 valence electrons. The molecule has 0 radical (unpaired) electrons. The number of rotatable bonds is 4. The summed E-state index contributed by atoms with van der Waals surface area (Å²) in [5.41, 5.74) is -2.46. The smallest absolute Gasteiger partial charge is 0.414 e. The summed E-state index contributed by atoms with van der Waals surface area (Å²) in [5.74, 6) is -2.26. The van der Waals surface area contributed by atoms with Crippen LogP contribution in [0.3, 0.4) is 0 Å². The number of aliphatic hydroxyl groups excluding tert-OH is 1. The summed E-state index contributed by atoms with van der Waals surface area (Å²) in [6.07, 6.45) is 0.0588. The van der Waals surface area contributed by atoms with E-state index in [2.05, 4.69) is 13.8 Å². The fraction of sp³-hybridized carbons (Fsp3) is 0.444. The number of carbonyl (C=O) groups is 4. The normalized spacial score (nSPS) is 35.3. The first kappa shape index (κ1) is 30.8. The SMILES string of the molecule is CC1=C[C@]23C(=O)[C@@H](C=C(CN4C(=O)c5ccccc5C4=O)[C@@H](O)[C@]2(O)[C@H]1OC(=O)N(C)c1ccc(Cl)cc1)[C@H]1C(C[C@H]3C)C1(C)C. The molecule has 2 N–H and O–H groups in total. The van der Waals surface area contributed by atoms with Crippen LogP contribution in [0.25, 0.3) is 0 Å². The number of fused-ring (bicyclic) bond motifs is 4. The Labute approximate surface area is 272 Å². The Bertz CT molecular complexity index is 1730. The summed E-state index contributed by atoms with van der Waals surface area (Å²) < 4.78 is 6.03. The molecule has 2 aromatic carbocycles. The molecule has 7 rings (SSSR count). The van der Waals surface area contributed by atoms with Crippen molar-refractivity contribution >= 4 is 41.0 Å². The number of ether oxygens (including phenoxy) is 1. The maximum atomic E-state index is 14.9. The van der Waals surface area contributed by atoms with Gasteiger partial charge in [0, 0.05) is 23.7 Å². The van der Waals surface area contributed by atoms with Gasteiger partial charge in [0.15, 0.2) is 17.5 Å². The minimum atomic E-state index is -2.32. The fourth-order valence-corrected chi connectivity index (χ4v) is 9.23. The zero-order valence-electron chi connectivity index (χ0n) is 26.4. The van der Waals surface area contributed by atoms with Crippen molar-refractivity contribution in [1.29, 1.82) is 0 Å². The number of ketones is 1. The molecule has 1 heterocycles. The summed E-state index contributed by atoms with van der Waals surface area (Å²) in [6, 6.07) is 13.1. The van der Waals surface area contributed by atoms with Gasteiger partial charge < -0.3 is 14.9 Å². The number of hydrogen-bond acceptors (Lipinski definition) is 7. The van der Waals surface area contributed by atoms with E-state index < -0.39 is 53.0 Å². The molecule has 2 saturated carbocycles. The number of benzene rings is 2. The number of allylic oxidation sites excluding steroid dienone is 1. The predicted octanol–water partition coefficient (Wildman–Crippen LogP) is 5.05. The second kappa shape index (κ2) is 10.1. The standard InChI is InChI=1S/C36H37ClN2O7/c1-18-16-35-19(2)14-26-27(34(26,3)4)25(29(35)41)15-20(17-39-31(42)23-8-6-7-9-24(23)32(39)43)28(40)36(35,45)30(18)46-33(44)38(5)22-12-10-21(37)11-13-22/h6-13,15-16,19,25-28,30,40,45H,14,17H2,1-5H3/t19-,25+,26?,27+,28-,30+,35+,36+/m1/s1. The zero-order chi connectivity index (χ0) is 33.1. The van der Waals surface area contributed by atoms with Crippen molar-refractivity contribution in [3.05, 3.63) is 88.0 Å². The van der Waals surface area contributed by atoms with E-state index in [9.17, 15) is 29.4 Å². The minimum absolute atomic E-state index is 0.0557. The van der Waals surface area contributed by atoms with Crippen molar-refractivity contribution in [2.75, 3.05) is 18.5 Å². The van der Waals surface area contributed by atoms with Crippen molar-refractivity contribution < 1.29 is 34.1 Å². The molecular weight excluding hydrogens is 608 g/mol. The third-order valence-corrected chi connectivity index (χ3v) is 11.9. The molecule has 1 spiro atoms. The first-order chi connectivity index (χ1) is 21.7. The molecule has 3 amide bonds. The Balaban J connectivity index is 1.32. The fourth-order valence-electron chi connectivity index (χ4n) is 9.11. The molecule has 46 heavy (non-hydrogen) atoms. The van der Waals surface area contributed by atoms with E-state index >= 15 is 0 Å². The maximum Gasteiger partial charge on any atom is 0.414 e. The quantitative estimate of drug-likeness (QED) is 0.352. The second-order valence-corrected chi connectivity index (χ2v) is 14.7.